The van der Waals surface area contributed by atoms with Crippen molar-refractivity contribution in [2.24, 2.45) is 5.92 Å². The predicted octanol–water partition coefficient (Wildman–Crippen LogP) is 5.51. The largest absolute Gasteiger partial charge is 0.493 e. The fourth-order valence-electron chi connectivity index (χ4n) is 5.46. The van der Waals surface area contributed by atoms with Crippen LogP contribution in [0.5, 0.6) is 11.5 Å². The van der Waals surface area contributed by atoms with Crippen LogP contribution in [0.25, 0.3) is 11.1 Å². The molecule has 1 aromatic heterocycles. The van der Waals surface area contributed by atoms with Crippen molar-refractivity contribution >= 4 is 29.3 Å². The maximum atomic E-state index is 12.7. The van der Waals surface area contributed by atoms with E-state index in [1.165, 1.54) is 30.2 Å². The molecular weight excluding hydrogens is 532 g/mol. The van der Waals surface area contributed by atoms with Crippen LogP contribution in [-0.2, 0) is 11.2 Å². The van der Waals surface area contributed by atoms with Gasteiger partial charge in [0.05, 0.1) is 20.0 Å². The minimum Gasteiger partial charge on any atom is -0.493 e. The Morgan fingerprint density at radius 3 is 2.33 bits per heavy atom. The smallest absolute Gasteiger partial charge is 0.230 e. The van der Waals surface area contributed by atoms with E-state index in [0.717, 1.165) is 48.5 Å². The van der Waals surface area contributed by atoms with Gasteiger partial charge in [-0.2, -0.15) is 0 Å². The number of rotatable bonds is 10. The second-order valence-electron chi connectivity index (χ2n) is 10.2. The molecule has 39 heavy (non-hydrogen) atoms. The van der Waals surface area contributed by atoms with Crippen molar-refractivity contribution in [3.63, 3.8) is 0 Å². The number of hydrogen-bond donors (Lipinski definition) is 1. The summed E-state index contributed by atoms with van der Waals surface area (Å²) in [5.41, 5.74) is 3.18. The van der Waals surface area contributed by atoms with Gasteiger partial charge in [-0.25, -0.2) is 9.97 Å². The van der Waals surface area contributed by atoms with Crippen LogP contribution in [0.4, 0.5) is 0 Å². The van der Waals surface area contributed by atoms with E-state index in [0.29, 0.717) is 34.4 Å². The molecule has 2 fully saturated rings. The Labute approximate surface area is 239 Å². The van der Waals surface area contributed by atoms with Gasteiger partial charge < -0.3 is 14.8 Å². The van der Waals surface area contributed by atoms with E-state index in [1.807, 2.05) is 30.3 Å². The van der Waals surface area contributed by atoms with E-state index in [2.05, 4.69) is 32.3 Å². The van der Waals surface area contributed by atoms with Gasteiger partial charge >= 0.3 is 0 Å². The van der Waals surface area contributed by atoms with Gasteiger partial charge in [-0.15, -0.1) is 0 Å². The molecule has 2 atom stereocenters. The number of thioether (sulfide) groups is 1. The van der Waals surface area contributed by atoms with E-state index in [4.69, 9.17) is 21.1 Å². The number of halogens is 1. The summed E-state index contributed by atoms with van der Waals surface area (Å²) < 4.78 is 10.7. The third-order valence-electron chi connectivity index (χ3n) is 7.82. The normalized spacial score (nSPS) is 19.8. The molecule has 1 saturated heterocycles. The molecule has 0 radical (unpaired) electrons. The fraction of sp³-hybridized carbons (Fsp3) is 0.433. The van der Waals surface area contributed by atoms with Crippen LogP contribution in [0.2, 0.25) is 5.02 Å². The Kier molecular flexibility index (Phi) is 9.27. The number of piperidine rings is 1. The number of ether oxygens (including phenoxy) is 2. The van der Waals surface area contributed by atoms with Crippen LogP contribution in [-0.4, -0.2) is 65.9 Å². The van der Waals surface area contributed by atoms with E-state index >= 15 is 0 Å². The molecule has 2 aromatic carbocycles. The summed E-state index contributed by atoms with van der Waals surface area (Å²) in [5, 5.41) is 4.63. The maximum absolute atomic E-state index is 12.7. The SMILES string of the molecule is COc1ccc(-c2cnc(SCC(=O)N[C@@H]3CC[C@H]3N3CCC(Cc4ccc(Cl)cc4)CC3)nc2)cc1OC. The van der Waals surface area contributed by atoms with Crippen molar-refractivity contribution in [3.8, 4) is 22.6 Å². The third kappa shape index (κ3) is 7.04. The number of hydrogen-bond acceptors (Lipinski definition) is 7. The van der Waals surface area contributed by atoms with Crippen molar-refractivity contribution in [1.82, 2.24) is 20.2 Å². The summed E-state index contributed by atoms with van der Waals surface area (Å²) in [5.74, 6) is 2.39. The zero-order chi connectivity index (χ0) is 27.2. The molecule has 1 aliphatic carbocycles. The van der Waals surface area contributed by atoms with Gasteiger partial charge in [0, 0.05) is 35.1 Å². The molecule has 1 aliphatic heterocycles. The molecule has 0 unspecified atom stereocenters. The van der Waals surface area contributed by atoms with Crippen molar-refractivity contribution in [2.45, 2.75) is 49.3 Å². The Hall–Kier alpha value is -2.81. The molecule has 3 aromatic rings. The molecular formula is C30H35ClN4O3S. The van der Waals surface area contributed by atoms with Crippen molar-refractivity contribution in [3.05, 3.63) is 65.4 Å². The number of amides is 1. The number of benzene rings is 2. The molecule has 7 nitrogen and oxygen atoms in total. The lowest BCUT2D eigenvalue weighted by molar-refractivity contribution is -0.120. The second kappa shape index (κ2) is 13.0. The standard InChI is InChI=1S/C30H35ClN4O3S/c1-37-27-10-5-22(16-28(27)38-2)23-17-32-30(33-18-23)39-19-29(36)34-25-8-9-26(25)35-13-11-21(12-14-35)15-20-3-6-24(31)7-4-20/h3-7,10,16-18,21,25-26H,8-9,11-15,19H2,1-2H3,(H,34,36)/t25-,26-/m1/s1. The third-order valence-corrected chi connectivity index (χ3v) is 8.94. The van der Waals surface area contributed by atoms with Gasteiger partial charge in [-0.3, -0.25) is 9.69 Å². The zero-order valence-corrected chi connectivity index (χ0v) is 24.0. The number of nitrogens with one attached hydrogen (secondary N) is 1. The maximum Gasteiger partial charge on any atom is 0.230 e. The first kappa shape index (κ1) is 27.7. The highest BCUT2D eigenvalue weighted by Crippen LogP contribution is 2.33. The van der Waals surface area contributed by atoms with Crippen LogP contribution >= 0.6 is 23.4 Å². The molecule has 0 bridgehead atoms. The topological polar surface area (TPSA) is 76.6 Å². The van der Waals surface area contributed by atoms with E-state index in [1.54, 1.807) is 26.6 Å². The van der Waals surface area contributed by atoms with Gasteiger partial charge in [0.1, 0.15) is 0 Å². The molecule has 5 rings (SSSR count). The fourth-order valence-corrected chi connectivity index (χ4v) is 6.19. The first-order valence-corrected chi connectivity index (χ1v) is 14.8. The Morgan fingerprint density at radius 2 is 1.69 bits per heavy atom. The highest BCUT2D eigenvalue weighted by Gasteiger charge is 2.37. The highest BCUT2D eigenvalue weighted by atomic mass is 35.5. The summed E-state index contributed by atoms with van der Waals surface area (Å²) in [6.07, 6.45) is 9.26. The number of methoxy groups -OCH3 is 2. The lowest BCUT2D eigenvalue weighted by atomic mass is 9.82. The molecule has 2 aliphatic rings. The number of carbonyl (C=O) groups excluding carboxylic acids is 1. The summed E-state index contributed by atoms with van der Waals surface area (Å²) >= 11 is 7.38. The first-order chi connectivity index (χ1) is 19.0. The molecule has 206 valence electrons. The number of aromatic nitrogens is 2. The summed E-state index contributed by atoms with van der Waals surface area (Å²) in [6.45, 7) is 2.20. The van der Waals surface area contributed by atoms with Gasteiger partial charge in [0.25, 0.3) is 0 Å². The predicted molar refractivity (Wildman–Crippen MR) is 156 cm³/mol. The lowest BCUT2D eigenvalue weighted by Crippen LogP contribution is -2.59. The van der Waals surface area contributed by atoms with Crippen LogP contribution in [0.15, 0.2) is 60.0 Å². The average Bonchev–Trinajstić information content (AvgIpc) is 2.96. The summed E-state index contributed by atoms with van der Waals surface area (Å²) in [4.78, 5) is 24.2. The van der Waals surface area contributed by atoms with Gasteiger partial charge in [-0.05, 0) is 86.5 Å². The summed E-state index contributed by atoms with van der Waals surface area (Å²) in [6, 6.07) is 14.6. The Balaban J connectivity index is 1.05. The second-order valence-corrected chi connectivity index (χ2v) is 11.6. The van der Waals surface area contributed by atoms with Gasteiger partial charge in [0.15, 0.2) is 16.7 Å². The van der Waals surface area contributed by atoms with Gasteiger partial charge in [-0.1, -0.05) is 41.6 Å². The lowest BCUT2D eigenvalue weighted by Gasteiger charge is -2.47. The van der Waals surface area contributed by atoms with Crippen molar-refractivity contribution < 1.29 is 14.3 Å². The van der Waals surface area contributed by atoms with Crippen LogP contribution in [0, 0.1) is 5.92 Å². The van der Waals surface area contributed by atoms with E-state index < -0.39 is 0 Å². The van der Waals surface area contributed by atoms with E-state index in [9.17, 15) is 4.79 Å². The zero-order valence-electron chi connectivity index (χ0n) is 22.4. The van der Waals surface area contributed by atoms with Crippen molar-refractivity contribution in [1.29, 1.82) is 0 Å². The highest BCUT2D eigenvalue weighted by molar-refractivity contribution is 7.99. The molecule has 2 heterocycles. The number of likely N-dealkylation sites (tertiary alicyclic amines) is 1. The molecule has 9 heteroatoms. The minimum absolute atomic E-state index is 0.0416. The van der Waals surface area contributed by atoms with Gasteiger partial charge in [0.2, 0.25) is 5.91 Å². The molecule has 1 N–H and O–H groups in total. The van der Waals surface area contributed by atoms with Crippen LogP contribution in [0.1, 0.15) is 31.2 Å². The number of nitrogens with zero attached hydrogens (tertiary/aromatic N) is 3. The molecule has 1 amide bonds. The molecule has 1 saturated carbocycles. The Bertz CT molecular complexity index is 1250. The summed E-state index contributed by atoms with van der Waals surface area (Å²) in [7, 11) is 3.22. The van der Waals surface area contributed by atoms with Crippen LogP contribution in [0.3, 0.4) is 0 Å². The van der Waals surface area contributed by atoms with Crippen LogP contribution < -0.4 is 14.8 Å². The molecule has 0 spiro atoms. The average molecular weight is 567 g/mol. The number of carbonyl (C=O) groups is 1. The first-order valence-electron chi connectivity index (χ1n) is 13.5. The Morgan fingerprint density at radius 1 is 0.974 bits per heavy atom. The monoisotopic (exact) mass is 566 g/mol. The van der Waals surface area contributed by atoms with Crippen molar-refractivity contribution in [2.75, 3.05) is 33.1 Å². The van der Waals surface area contributed by atoms with E-state index in [-0.39, 0.29) is 11.9 Å². The quantitative estimate of drug-likeness (QED) is 0.256. The minimum atomic E-state index is 0.0416.